The molecule has 0 saturated carbocycles. The molecule has 17 heavy (non-hydrogen) atoms. The van der Waals surface area contributed by atoms with E-state index in [0.717, 1.165) is 26.2 Å². The van der Waals surface area contributed by atoms with Crippen molar-refractivity contribution in [1.29, 1.82) is 0 Å². The summed E-state index contributed by atoms with van der Waals surface area (Å²) in [4.78, 5) is 19.7. The summed E-state index contributed by atoms with van der Waals surface area (Å²) >= 11 is 0. The van der Waals surface area contributed by atoms with Crippen LogP contribution in [0.5, 0.6) is 0 Å². The van der Waals surface area contributed by atoms with E-state index in [1.165, 1.54) is 0 Å². The van der Waals surface area contributed by atoms with E-state index in [1.54, 1.807) is 18.3 Å². The van der Waals surface area contributed by atoms with Crippen molar-refractivity contribution in [2.45, 2.75) is 6.54 Å². The molecule has 1 aromatic heterocycles. The third kappa shape index (κ3) is 3.01. The molecule has 1 saturated heterocycles. The van der Waals surface area contributed by atoms with Crippen LogP contribution < -0.4 is 0 Å². The second-order valence-corrected chi connectivity index (χ2v) is 4.38. The van der Waals surface area contributed by atoms with Crippen molar-refractivity contribution < 1.29 is 9.90 Å². The predicted molar refractivity (Wildman–Crippen MR) is 64.0 cm³/mol. The third-order valence-electron chi connectivity index (χ3n) is 3.09. The van der Waals surface area contributed by atoms with Gasteiger partial charge in [-0.1, -0.05) is 0 Å². The molecule has 5 heteroatoms. The van der Waals surface area contributed by atoms with Crippen LogP contribution in [0.2, 0.25) is 0 Å². The van der Waals surface area contributed by atoms with Crippen molar-refractivity contribution in [3.05, 3.63) is 29.6 Å². The Hall–Kier alpha value is -1.46. The van der Waals surface area contributed by atoms with E-state index in [1.807, 2.05) is 0 Å². The van der Waals surface area contributed by atoms with Crippen LogP contribution in [-0.2, 0) is 6.54 Å². The van der Waals surface area contributed by atoms with Crippen LogP contribution in [0, 0.1) is 0 Å². The molecule has 2 heterocycles. The molecule has 0 bridgehead atoms. The van der Waals surface area contributed by atoms with E-state index in [0.29, 0.717) is 17.8 Å². The fourth-order valence-corrected chi connectivity index (χ4v) is 1.98. The van der Waals surface area contributed by atoms with Crippen LogP contribution in [0.4, 0.5) is 0 Å². The molecule has 0 unspecified atom stereocenters. The highest BCUT2D eigenvalue weighted by Crippen LogP contribution is 2.10. The smallest absolute Gasteiger partial charge is 0.337 e. The molecule has 0 aromatic carbocycles. The first-order valence-corrected chi connectivity index (χ1v) is 5.75. The molecule has 1 aliphatic heterocycles. The van der Waals surface area contributed by atoms with Crippen molar-refractivity contribution in [2.75, 3.05) is 33.2 Å². The Bertz CT molecular complexity index is 400. The van der Waals surface area contributed by atoms with E-state index in [9.17, 15) is 4.79 Å². The highest BCUT2D eigenvalue weighted by Gasteiger charge is 2.17. The predicted octanol–water partition coefficient (Wildman–Crippen LogP) is 0.527. The lowest BCUT2D eigenvalue weighted by molar-refractivity contribution is 0.0692. The average Bonchev–Trinajstić information content (AvgIpc) is 2.32. The van der Waals surface area contributed by atoms with Gasteiger partial charge in [0.05, 0.1) is 11.3 Å². The Morgan fingerprint density at radius 3 is 2.76 bits per heavy atom. The summed E-state index contributed by atoms with van der Waals surface area (Å²) in [5.41, 5.74) is 0.969. The largest absolute Gasteiger partial charge is 0.478 e. The second kappa shape index (κ2) is 5.25. The molecule has 0 amide bonds. The number of carboxylic acids is 1. The highest BCUT2D eigenvalue weighted by molar-refractivity contribution is 5.88. The molecule has 5 nitrogen and oxygen atoms in total. The van der Waals surface area contributed by atoms with Gasteiger partial charge in [-0.15, -0.1) is 0 Å². The lowest BCUT2D eigenvalue weighted by Gasteiger charge is -2.32. The van der Waals surface area contributed by atoms with Crippen molar-refractivity contribution in [3.8, 4) is 0 Å². The zero-order valence-electron chi connectivity index (χ0n) is 9.96. The Balaban J connectivity index is 2.05. The van der Waals surface area contributed by atoms with Crippen LogP contribution in [-0.4, -0.2) is 59.1 Å². The normalized spacial score (nSPS) is 18.2. The molecule has 0 radical (unpaired) electrons. The first kappa shape index (κ1) is 12.0. The second-order valence-electron chi connectivity index (χ2n) is 4.38. The Morgan fingerprint density at radius 2 is 2.12 bits per heavy atom. The summed E-state index contributed by atoms with van der Waals surface area (Å²) in [5, 5.41) is 9.07. The van der Waals surface area contributed by atoms with Crippen LogP contribution in [0.3, 0.4) is 0 Å². The minimum Gasteiger partial charge on any atom is -0.478 e. The summed E-state index contributed by atoms with van der Waals surface area (Å²) in [5.74, 6) is -0.901. The maximum Gasteiger partial charge on any atom is 0.337 e. The van der Waals surface area contributed by atoms with Gasteiger partial charge in [-0.05, 0) is 19.2 Å². The summed E-state index contributed by atoms with van der Waals surface area (Å²) < 4.78 is 0. The topological polar surface area (TPSA) is 56.7 Å². The number of aromatic nitrogens is 1. The minimum absolute atomic E-state index is 0.312. The van der Waals surface area contributed by atoms with Gasteiger partial charge in [0.1, 0.15) is 0 Å². The van der Waals surface area contributed by atoms with Crippen molar-refractivity contribution >= 4 is 5.97 Å². The number of aromatic carboxylic acids is 1. The van der Waals surface area contributed by atoms with Crippen LogP contribution in [0.25, 0.3) is 0 Å². The molecule has 0 spiro atoms. The number of carboxylic acid groups (broad SMARTS) is 1. The molecule has 1 aromatic rings. The number of hydrogen-bond acceptors (Lipinski definition) is 4. The van der Waals surface area contributed by atoms with Gasteiger partial charge >= 0.3 is 5.97 Å². The summed E-state index contributed by atoms with van der Waals surface area (Å²) in [6.07, 6.45) is 1.65. The summed E-state index contributed by atoms with van der Waals surface area (Å²) in [6.45, 7) is 4.60. The average molecular weight is 235 g/mol. The van der Waals surface area contributed by atoms with E-state index >= 15 is 0 Å². The molecule has 2 rings (SSSR count). The van der Waals surface area contributed by atoms with E-state index in [2.05, 4.69) is 21.8 Å². The molecular weight excluding hydrogens is 218 g/mol. The maximum absolute atomic E-state index is 11.0. The van der Waals surface area contributed by atoms with Gasteiger partial charge in [0.15, 0.2) is 0 Å². The number of nitrogens with zero attached hydrogens (tertiary/aromatic N) is 3. The van der Waals surface area contributed by atoms with Crippen molar-refractivity contribution in [3.63, 3.8) is 0 Å². The van der Waals surface area contributed by atoms with Gasteiger partial charge in [-0.2, -0.15) is 0 Å². The number of likely N-dealkylation sites (N-methyl/N-ethyl adjacent to an activating group) is 1. The highest BCUT2D eigenvalue weighted by atomic mass is 16.4. The van der Waals surface area contributed by atoms with Crippen molar-refractivity contribution in [2.24, 2.45) is 0 Å². The van der Waals surface area contributed by atoms with E-state index in [-0.39, 0.29) is 0 Å². The third-order valence-corrected chi connectivity index (χ3v) is 3.09. The first-order chi connectivity index (χ1) is 8.16. The fraction of sp³-hybridized carbons (Fsp3) is 0.500. The van der Waals surface area contributed by atoms with Crippen LogP contribution in [0.1, 0.15) is 16.1 Å². The quantitative estimate of drug-likeness (QED) is 0.828. The molecule has 0 aliphatic carbocycles. The summed E-state index contributed by atoms with van der Waals surface area (Å²) in [7, 11) is 2.10. The van der Waals surface area contributed by atoms with Gasteiger partial charge in [0, 0.05) is 38.9 Å². The monoisotopic (exact) mass is 235 g/mol. The number of hydrogen-bond donors (Lipinski definition) is 1. The van der Waals surface area contributed by atoms with E-state index < -0.39 is 5.97 Å². The van der Waals surface area contributed by atoms with Crippen molar-refractivity contribution in [1.82, 2.24) is 14.8 Å². The van der Waals surface area contributed by atoms with Crippen LogP contribution >= 0.6 is 0 Å². The lowest BCUT2D eigenvalue weighted by Crippen LogP contribution is -2.44. The van der Waals surface area contributed by atoms with Crippen LogP contribution in [0.15, 0.2) is 18.3 Å². The van der Waals surface area contributed by atoms with Gasteiger partial charge in [0.2, 0.25) is 0 Å². The molecule has 1 N–H and O–H groups in total. The number of carbonyl (C=O) groups is 1. The molecular formula is C12H17N3O2. The zero-order chi connectivity index (χ0) is 12.3. The molecule has 1 aliphatic rings. The Morgan fingerprint density at radius 1 is 1.41 bits per heavy atom. The van der Waals surface area contributed by atoms with E-state index in [4.69, 9.17) is 5.11 Å². The van der Waals surface area contributed by atoms with Gasteiger partial charge in [0.25, 0.3) is 0 Å². The van der Waals surface area contributed by atoms with Gasteiger partial charge in [-0.3, -0.25) is 9.88 Å². The molecule has 0 atom stereocenters. The van der Waals surface area contributed by atoms with Gasteiger partial charge in [-0.25, -0.2) is 4.79 Å². The van der Waals surface area contributed by atoms with Gasteiger partial charge < -0.3 is 10.0 Å². The number of piperazine rings is 1. The minimum atomic E-state index is -0.901. The Labute approximate surface area is 101 Å². The lowest BCUT2D eigenvalue weighted by atomic mass is 10.2. The Kier molecular flexibility index (Phi) is 3.71. The SMILES string of the molecule is CN1CCN(Cc2ncccc2C(=O)O)CC1. The zero-order valence-corrected chi connectivity index (χ0v) is 9.96. The summed E-state index contributed by atoms with van der Waals surface area (Å²) in [6, 6.07) is 3.28. The number of rotatable bonds is 3. The maximum atomic E-state index is 11.0. The first-order valence-electron chi connectivity index (χ1n) is 5.75. The molecule has 1 fully saturated rings. The molecule has 92 valence electrons. The standard InChI is InChI=1S/C12H17N3O2/c1-14-5-7-15(8-6-14)9-11-10(12(16)17)3-2-4-13-11/h2-4H,5-9H2,1H3,(H,16,17). The fourth-order valence-electron chi connectivity index (χ4n) is 1.98. The number of pyridine rings is 1.